The van der Waals surface area contributed by atoms with Gasteiger partial charge in [-0.15, -0.1) is 0 Å². The average molecular weight is 355 g/mol. The molecule has 0 saturated heterocycles. The Morgan fingerprint density at radius 2 is 1.78 bits per heavy atom. The van der Waals surface area contributed by atoms with Crippen LogP contribution in [0.1, 0.15) is 59.3 Å². The number of imidazole rings is 1. The maximum atomic E-state index is 12.9. The van der Waals surface area contributed by atoms with Gasteiger partial charge in [0.1, 0.15) is 0 Å². The first-order valence-corrected chi connectivity index (χ1v) is 9.50. The van der Waals surface area contributed by atoms with Gasteiger partial charge in [0, 0.05) is 12.6 Å². The van der Waals surface area contributed by atoms with E-state index in [4.69, 9.17) is 4.98 Å². The van der Waals surface area contributed by atoms with Crippen molar-refractivity contribution in [3.63, 3.8) is 0 Å². The molecule has 0 saturated carbocycles. The molecule has 5 rings (SSSR count). The number of carbonyl (C=O) groups is 1. The van der Waals surface area contributed by atoms with E-state index in [1.165, 1.54) is 11.1 Å². The average Bonchev–Trinajstić information content (AvgIpc) is 3.04. The summed E-state index contributed by atoms with van der Waals surface area (Å²) in [7, 11) is 0. The fourth-order valence-corrected chi connectivity index (χ4v) is 4.04. The number of hydrogen-bond acceptors (Lipinski definition) is 3. The first-order valence-electron chi connectivity index (χ1n) is 9.50. The summed E-state index contributed by atoms with van der Waals surface area (Å²) in [5.74, 6) is 1.53. The lowest BCUT2D eigenvalue weighted by molar-refractivity contribution is 0.0962. The van der Waals surface area contributed by atoms with Crippen molar-refractivity contribution in [1.29, 1.82) is 0 Å². The molecule has 0 radical (unpaired) electrons. The predicted molar refractivity (Wildman–Crippen MR) is 106 cm³/mol. The molecule has 4 heteroatoms. The van der Waals surface area contributed by atoms with Crippen LogP contribution in [-0.2, 0) is 6.42 Å². The van der Waals surface area contributed by atoms with Crippen molar-refractivity contribution in [2.45, 2.75) is 38.5 Å². The number of rotatable bonds is 2. The van der Waals surface area contributed by atoms with Crippen LogP contribution in [0.2, 0.25) is 0 Å². The Labute approximate surface area is 157 Å². The number of hydrogen-bond donors (Lipinski definition) is 0. The van der Waals surface area contributed by atoms with Gasteiger partial charge in [-0.3, -0.25) is 9.20 Å². The predicted octanol–water partition coefficient (Wildman–Crippen LogP) is 4.92. The van der Waals surface area contributed by atoms with Crippen LogP contribution in [-0.4, -0.2) is 20.2 Å². The SMILES string of the molecule is CC(C)c1ccc(C2CC(=O)c3cn4c(nc3C2)nc2ccccc24)cc1. The molecule has 0 N–H and O–H groups in total. The van der Waals surface area contributed by atoms with Crippen LogP contribution in [0.25, 0.3) is 16.8 Å². The number of fused-ring (bicyclic) bond motifs is 4. The number of benzene rings is 2. The van der Waals surface area contributed by atoms with E-state index in [0.29, 0.717) is 18.1 Å². The van der Waals surface area contributed by atoms with E-state index in [-0.39, 0.29) is 11.7 Å². The van der Waals surface area contributed by atoms with Crippen LogP contribution in [0.15, 0.2) is 54.7 Å². The zero-order valence-corrected chi connectivity index (χ0v) is 15.5. The van der Waals surface area contributed by atoms with Crippen molar-refractivity contribution in [2.24, 2.45) is 0 Å². The van der Waals surface area contributed by atoms with E-state index in [1.807, 2.05) is 34.9 Å². The summed E-state index contributed by atoms with van der Waals surface area (Å²) >= 11 is 0. The van der Waals surface area contributed by atoms with Crippen molar-refractivity contribution in [2.75, 3.05) is 0 Å². The van der Waals surface area contributed by atoms with E-state index in [0.717, 1.165) is 28.7 Å². The Hall–Kier alpha value is -3.01. The number of carbonyl (C=O) groups excluding carboxylic acids is 1. The number of aromatic nitrogens is 3. The molecule has 0 fully saturated rings. The summed E-state index contributed by atoms with van der Waals surface area (Å²) < 4.78 is 1.93. The number of ketones is 1. The Morgan fingerprint density at radius 1 is 1.00 bits per heavy atom. The minimum atomic E-state index is 0.168. The van der Waals surface area contributed by atoms with Gasteiger partial charge in [-0.25, -0.2) is 9.97 Å². The van der Waals surface area contributed by atoms with Gasteiger partial charge in [-0.1, -0.05) is 50.2 Å². The second kappa shape index (κ2) is 6.02. The van der Waals surface area contributed by atoms with Crippen LogP contribution in [0.4, 0.5) is 0 Å². The van der Waals surface area contributed by atoms with Crippen LogP contribution in [0.3, 0.4) is 0 Å². The molecule has 1 aliphatic rings. The van der Waals surface area contributed by atoms with Crippen LogP contribution in [0, 0.1) is 0 Å². The molecule has 27 heavy (non-hydrogen) atoms. The topological polar surface area (TPSA) is 47.3 Å². The highest BCUT2D eigenvalue weighted by Crippen LogP contribution is 2.33. The van der Waals surface area contributed by atoms with Crippen LogP contribution < -0.4 is 0 Å². The Morgan fingerprint density at radius 3 is 2.56 bits per heavy atom. The molecule has 2 aromatic carbocycles. The fraction of sp³-hybridized carbons (Fsp3) is 0.261. The van der Waals surface area contributed by atoms with E-state index in [9.17, 15) is 4.79 Å². The van der Waals surface area contributed by atoms with E-state index in [2.05, 4.69) is 43.1 Å². The molecule has 1 atom stereocenters. The fourth-order valence-electron chi connectivity index (χ4n) is 4.04. The van der Waals surface area contributed by atoms with Gasteiger partial charge in [0.25, 0.3) is 0 Å². The van der Waals surface area contributed by atoms with Crippen LogP contribution in [0.5, 0.6) is 0 Å². The number of para-hydroxylation sites is 2. The minimum Gasteiger partial charge on any atom is -0.294 e. The monoisotopic (exact) mass is 355 g/mol. The standard InChI is InChI=1S/C23H21N3O/c1-14(2)15-7-9-16(10-8-15)17-11-20-18(22(27)12-17)13-26-21-6-4-3-5-19(21)24-23(26)25-20/h3-10,13-14,17H,11-12H2,1-2H3. The molecular weight excluding hydrogens is 334 g/mol. The molecule has 1 aliphatic carbocycles. The zero-order chi connectivity index (χ0) is 18.5. The van der Waals surface area contributed by atoms with Gasteiger partial charge in [-0.2, -0.15) is 0 Å². The third kappa shape index (κ3) is 2.64. The highest BCUT2D eigenvalue weighted by atomic mass is 16.1. The molecule has 0 amide bonds. The van der Waals surface area contributed by atoms with Gasteiger partial charge in [-0.05, 0) is 41.5 Å². The molecular formula is C23H21N3O. The first kappa shape index (κ1) is 16.2. The third-order valence-corrected chi connectivity index (χ3v) is 5.63. The second-order valence-electron chi connectivity index (χ2n) is 7.72. The number of Topliss-reactive ketones (excluding diaryl/α,β-unsaturated/α-hetero) is 1. The maximum absolute atomic E-state index is 12.9. The summed E-state index contributed by atoms with van der Waals surface area (Å²) in [4.78, 5) is 22.2. The third-order valence-electron chi connectivity index (χ3n) is 5.63. The van der Waals surface area contributed by atoms with Crippen molar-refractivity contribution in [3.8, 4) is 0 Å². The summed E-state index contributed by atoms with van der Waals surface area (Å²) in [6, 6.07) is 16.6. The quantitative estimate of drug-likeness (QED) is 0.513. The van der Waals surface area contributed by atoms with Gasteiger partial charge < -0.3 is 0 Å². The van der Waals surface area contributed by atoms with Crippen LogP contribution >= 0.6 is 0 Å². The highest BCUT2D eigenvalue weighted by molar-refractivity contribution is 5.99. The maximum Gasteiger partial charge on any atom is 0.235 e. The Balaban J connectivity index is 1.56. The lowest BCUT2D eigenvalue weighted by Crippen LogP contribution is -2.21. The normalized spacial score (nSPS) is 17.0. The molecule has 0 spiro atoms. The largest absolute Gasteiger partial charge is 0.294 e. The molecule has 4 aromatic rings. The van der Waals surface area contributed by atoms with Crippen molar-refractivity contribution >= 4 is 22.6 Å². The van der Waals surface area contributed by atoms with Gasteiger partial charge in [0.2, 0.25) is 5.78 Å². The Bertz CT molecular complexity index is 1170. The van der Waals surface area contributed by atoms with E-state index in [1.54, 1.807) is 0 Å². The summed E-state index contributed by atoms with van der Waals surface area (Å²) in [6.07, 6.45) is 3.24. The van der Waals surface area contributed by atoms with Gasteiger partial charge >= 0.3 is 0 Å². The van der Waals surface area contributed by atoms with Gasteiger partial charge in [0.15, 0.2) is 5.78 Å². The summed E-state index contributed by atoms with van der Waals surface area (Å²) in [5, 5.41) is 0. The van der Waals surface area contributed by atoms with E-state index >= 15 is 0 Å². The van der Waals surface area contributed by atoms with Crippen molar-refractivity contribution < 1.29 is 4.79 Å². The molecule has 0 aliphatic heterocycles. The molecule has 4 nitrogen and oxygen atoms in total. The van der Waals surface area contributed by atoms with Gasteiger partial charge in [0.05, 0.1) is 22.3 Å². The molecule has 1 unspecified atom stereocenters. The number of nitrogens with zero attached hydrogens (tertiary/aromatic N) is 3. The second-order valence-corrected chi connectivity index (χ2v) is 7.72. The summed E-state index contributed by atoms with van der Waals surface area (Å²) in [5.41, 5.74) is 6.04. The molecule has 2 heterocycles. The van der Waals surface area contributed by atoms with Crippen molar-refractivity contribution in [3.05, 3.63) is 77.1 Å². The zero-order valence-electron chi connectivity index (χ0n) is 15.5. The minimum absolute atomic E-state index is 0.168. The molecule has 2 aromatic heterocycles. The lowest BCUT2D eigenvalue weighted by atomic mass is 9.81. The summed E-state index contributed by atoms with van der Waals surface area (Å²) in [6.45, 7) is 4.39. The molecule has 0 bridgehead atoms. The smallest absolute Gasteiger partial charge is 0.235 e. The highest BCUT2D eigenvalue weighted by Gasteiger charge is 2.28. The lowest BCUT2D eigenvalue weighted by Gasteiger charge is -2.23. The van der Waals surface area contributed by atoms with E-state index < -0.39 is 0 Å². The Kier molecular flexibility index (Phi) is 3.61. The first-order chi connectivity index (χ1) is 13.1. The molecule has 134 valence electrons. The van der Waals surface area contributed by atoms with Crippen molar-refractivity contribution in [1.82, 2.24) is 14.4 Å².